The summed E-state index contributed by atoms with van der Waals surface area (Å²) < 4.78 is 13.0. The molecule has 2 heterocycles. The molecule has 0 aliphatic carbocycles. The van der Waals surface area contributed by atoms with Crippen molar-refractivity contribution in [3.05, 3.63) is 30.1 Å². The first kappa shape index (κ1) is 16.4. The lowest BCUT2D eigenvalue weighted by Crippen LogP contribution is -2.51. The Kier molecular flexibility index (Phi) is 5.65. The smallest absolute Gasteiger partial charge is 0.191 e. The Bertz CT molecular complexity index is 520. The SMILES string of the molecule is NC(=NCC1CCCSC1)N1CCN(c2ccc(F)cc2)CC1. The third-order valence-corrected chi connectivity index (χ3v) is 5.85. The van der Waals surface area contributed by atoms with Crippen LogP contribution in [0.25, 0.3) is 0 Å². The number of benzene rings is 1. The summed E-state index contributed by atoms with van der Waals surface area (Å²) in [4.78, 5) is 9.05. The van der Waals surface area contributed by atoms with Crippen molar-refractivity contribution in [3.8, 4) is 0 Å². The summed E-state index contributed by atoms with van der Waals surface area (Å²) >= 11 is 2.03. The molecule has 3 rings (SSSR count). The first-order valence-electron chi connectivity index (χ1n) is 8.35. The van der Waals surface area contributed by atoms with E-state index < -0.39 is 0 Å². The van der Waals surface area contributed by atoms with Crippen LogP contribution >= 0.6 is 11.8 Å². The Hall–Kier alpha value is -1.43. The average Bonchev–Trinajstić information content (AvgIpc) is 2.61. The third kappa shape index (κ3) is 4.53. The highest BCUT2D eigenvalue weighted by Gasteiger charge is 2.19. The van der Waals surface area contributed by atoms with Gasteiger partial charge in [0.25, 0.3) is 0 Å². The van der Waals surface area contributed by atoms with Crippen LogP contribution in [0.2, 0.25) is 0 Å². The summed E-state index contributed by atoms with van der Waals surface area (Å²) in [6.07, 6.45) is 2.59. The van der Waals surface area contributed by atoms with E-state index in [0.29, 0.717) is 11.9 Å². The molecule has 2 fully saturated rings. The molecule has 0 aromatic heterocycles. The summed E-state index contributed by atoms with van der Waals surface area (Å²) in [5.41, 5.74) is 7.24. The van der Waals surface area contributed by atoms with E-state index in [1.807, 2.05) is 23.9 Å². The molecule has 0 amide bonds. The second-order valence-electron chi connectivity index (χ2n) is 6.23. The predicted octanol–water partition coefficient (Wildman–Crippen LogP) is 2.41. The van der Waals surface area contributed by atoms with Crippen LogP contribution in [0, 0.1) is 11.7 Å². The molecule has 2 aliphatic heterocycles. The van der Waals surface area contributed by atoms with Gasteiger partial charge in [0, 0.05) is 38.4 Å². The molecule has 6 heteroatoms. The Balaban J connectivity index is 1.48. The van der Waals surface area contributed by atoms with Crippen molar-refractivity contribution in [2.75, 3.05) is 49.1 Å². The van der Waals surface area contributed by atoms with Crippen molar-refractivity contribution in [3.63, 3.8) is 0 Å². The van der Waals surface area contributed by atoms with Crippen LogP contribution in [0.4, 0.5) is 10.1 Å². The van der Waals surface area contributed by atoms with Crippen LogP contribution in [0.3, 0.4) is 0 Å². The van der Waals surface area contributed by atoms with Crippen LogP contribution in [0.15, 0.2) is 29.3 Å². The van der Waals surface area contributed by atoms with Gasteiger partial charge in [-0.3, -0.25) is 4.99 Å². The summed E-state index contributed by atoms with van der Waals surface area (Å²) in [5.74, 6) is 3.69. The van der Waals surface area contributed by atoms with Gasteiger partial charge in [-0.25, -0.2) is 4.39 Å². The maximum atomic E-state index is 13.0. The minimum absolute atomic E-state index is 0.190. The second kappa shape index (κ2) is 7.90. The molecule has 1 aromatic carbocycles. The zero-order valence-electron chi connectivity index (χ0n) is 13.5. The van der Waals surface area contributed by atoms with Crippen molar-refractivity contribution < 1.29 is 4.39 Å². The zero-order valence-corrected chi connectivity index (χ0v) is 14.3. The van der Waals surface area contributed by atoms with Crippen molar-refractivity contribution in [2.45, 2.75) is 12.8 Å². The molecule has 1 aromatic rings. The monoisotopic (exact) mass is 336 g/mol. The number of thioether (sulfide) groups is 1. The third-order valence-electron chi connectivity index (χ3n) is 4.56. The van der Waals surface area contributed by atoms with Gasteiger partial charge in [0.1, 0.15) is 5.82 Å². The molecule has 1 atom stereocenters. The quantitative estimate of drug-likeness (QED) is 0.680. The van der Waals surface area contributed by atoms with Crippen LogP contribution in [0.5, 0.6) is 0 Å². The van der Waals surface area contributed by atoms with Crippen LogP contribution in [-0.2, 0) is 0 Å². The number of anilines is 1. The minimum atomic E-state index is -0.190. The molecule has 4 nitrogen and oxygen atoms in total. The number of hydrogen-bond acceptors (Lipinski definition) is 3. The fraction of sp³-hybridized carbons (Fsp3) is 0.588. The summed E-state index contributed by atoms with van der Waals surface area (Å²) in [5, 5.41) is 0. The van der Waals surface area contributed by atoms with Gasteiger partial charge in [0.05, 0.1) is 0 Å². The molecule has 2 saturated heterocycles. The maximum absolute atomic E-state index is 13.0. The maximum Gasteiger partial charge on any atom is 0.191 e. The Morgan fingerprint density at radius 2 is 1.96 bits per heavy atom. The average molecular weight is 336 g/mol. The lowest BCUT2D eigenvalue weighted by atomic mass is 10.1. The molecular weight excluding hydrogens is 311 g/mol. The van der Waals surface area contributed by atoms with Crippen LogP contribution < -0.4 is 10.6 Å². The van der Waals surface area contributed by atoms with E-state index in [9.17, 15) is 4.39 Å². The van der Waals surface area contributed by atoms with Crippen molar-refractivity contribution in [1.29, 1.82) is 0 Å². The van der Waals surface area contributed by atoms with Crippen molar-refractivity contribution in [1.82, 2.24) is 4.90 Å². The van der Waals surface area contributed by atoms with E-state index in [1.54, 1.807) is 0 Å². The van der Waals surface area contributed by atoms with Gasteiger partial charge in [0.15, 0.2) is 5.96 Å². The molecule has 126 valence electrons. The van der Waals surface area contributed by atoms with Crippen molar-refractivity contribution in [2.24, 2.45) is 16.6 Å². The first-order valence-corrected chi connectivity index (χ1v) is 9.51. The molecule has 2 aliphatic rings. The van der Waals surface area contributed by atoms with Gasteiger partial charge in [-0.15, -0.1) is 0 Å². The van der Waals surface area contributed by atoms with Gasteiger partial charge in [0.2, 0.25) is 0 Å². The van der Waals surface area contributed by atoms with Gasteiger partial charge >= 0.3 is 0 Å². The van der Waals surface area contributed by atoms with E-state index in [0.717, 1.165) is 38.4 Å². The molecule has 1 unspecified atom stereocenters. The number of aliphatic imine (C=N–C) groups is 1. The number of guanidine groups is 1. The van der Waals surface area contributed by atoms with Gasteiger partial charge in [-0.05, 0) is 54.5 Å². The number of nitrogens with zero attached hydrogens (tertiary/aromatic N) is 3. The number of nitrogens with two attached hydrogens (primary N) is 1. The number of halogens is 1. The molecule has 0 spiro atoms. The van der Waals surface area contributed by atoms with E-state index in [1.165, 1.54) is 36.5 Å². The molecule has 2 N–H and O–H groups in total. The van der Waals surface area contributed by atoms with E-state index in [4.69, 9.17) is 5.73 Å². The fourth-order valence-electron chi connectivity index (χ4n) is 3.12. The second-order valence-corrected chi connectivity index (χ2v) is 7.38. The molecule has 0 radical (unpaired) electrons. The van der Waals surface area contributed by atoms with Gasteiger partial charge in [-0.1, -0.05) is 0 Å². The van der Waals surface area contributed by atoms with Crippen LogP contribution in [-0.4, -0.2) is 55.1 Å². The zero-order chi connectivity index (χ0) is 16.1. The van der Waals surface area contributed by atoms with Gasteiger partial charge in [-0.2, -0.15) is 11.8 Å². The Morgan fingerprint density at radius 1 is 1.22 bits per heavy atom. The van der Waals surface area contributed by atoms with Crippen molar-refractivity contribution >= 4 is 23.4 Å². The molecular formula is C17H25FN4S. The summed E-state index contributed by atoms with van der Waals surface area (Å²) in [6, 6.07) is 6.70. The summed E-state index contributed by atoms with van der Waals surface area (Å²) in [7, 11) is 0. The molecule has 0 saturated carbocycles. The standard InChI is InChI=1S/C17H25FN4S/c18-15-3-5-16(6-4-15)21-7-9-22(10-8-21)17(19)20-12-14-2-1-11-23-13-14/h3-6,14H,1-2,7-13H2,(H2,19,20). The first-order chi connectivity index (χ1) is 11.2. The Labute approximate surface area is 141 Å². The summed E-state index contributed by atoms with van der Waals surface area (Å²) in [6.45, 7) is 4.37. The highest BCUT2D eigenvalue weighted by Crippen LogP contribution is 2.22. The molecule has 23 heavy (non-hydrogen) atoms. The highest BCUT2D eigenvalue weighted by molar-refractivity contribution is 7.99. The van der Waals surface area contributed by atoms with Crippen LogP contribution in [0.1, 0.15) is 12.8 Å². The van der Waals surface area contributed by atoms with E-state index >= 15 is 0 Å². The lowest BCUT2D eigenvalue weighted by Gasteiger charge is -2.36. The topological polar surface area (TPSA) is 44.9 Å². The molecule has 0 bridgehead atoms. The van der Waals surface area contributed by atoms with E-state index in [2.05, 4.69) is 14.8 Å². The number of hydrogen-bond donors (Lipinski definition) is 1. The fourth-order valence-corrected chi connectivity index (χ4v) is 4.26. The largest absolute Gasteiger partial charge is 0.370 e. The van der Waals surface area contributed by atoms with Gasteiger partial charge < -0.3 is 15.5 Å². The normalized spacial score (nSPS) is 23.2. The lowest BCUT2D eigenvalue weighted by molar-refractivity contribution is 0.379. The number of piperazine rings is 1. The highest BCUT2D eigenvalue weighted by atomic mass is 32.2. The van der Waals surface area contributed by atoms with E-state index in [-0.39, 0.29) is 5.82 Å². The predicted molar refractivity (Wildman–Crippen MR) is 96.7 cm³/mol. The Morgan fingerprint density at radius 3 is 2.61 bits per heavy atom. The minimum Gasteiger partial charge on any atom is -0.370 e. The number of rotatable bonds is 3.